The van der Waals surface area contributed by atoms with Crippen LogP contribution in [0.2, 0.25) is 0 Å². The fourth-order valence-electron chi connectivity index (χ4n) is 4.37. The van der Waals surface area contributed by atoms with Gasteiger partial charge in [0, 0.05) is 24.2 Å². The molecule has 38 heavy (non-hydrogen) atoms. The maximum absolute atomic E-state index is 14.6. The Labute approximate surface area is 222 Å². The highest BCUT2D eigenvalue weighted by molar-refractivity contribution is 6.05. The number of ether oxygens (including phenoxy) is 1. The monoisotopic (exact) mass is 514 g/mol. The highest BCUT2D eigenvalue weighted by atomic mass is 19.1. The van der Waals surface area contributed by atoms with Crippen LogP contribution in [0.1, 0.15) is 22.7 Å². The Kier molecular flexibility index (Phi) is 8.23. The topological polar surface area (TPSA) is 82.7 Å². The molecular formula is C30H31FN4O3. The van der Waals surface area contributed by atoms with Gasteiger partial charge < -0.3 is 20.7 Å². The van der Waals surface area contributed by atoms with Crippen molar-refractivity contribution in [3.05, 3.63) is 120 Å². The van der Waals surface area contributed by atoms with E-state index in [2.05, 4.69) is 29.1 Å². The van der Waals surface area contributed by atoms with E-state index in [9.17, 15) is 14.0 Å². The molecule has 1 aliphatic heterocycles. The lowest BCUT2D eigenvalue weighted by atomic mass is 10.0. The third-order valence-electron chi connectivity index (χ3n) is 6.26. The average molecular weight is 515 g/mol. The highest BCUT2D eigenvalue weighted by Gasteiger charge is 2.43. The Balaban J connectivity index is 1.58. The van der Waals surface area contributed by atoms with E-state index >= 15 is 0 Å². The summed E-state index contributed by atoms with van der Waals surface area (Å²) in [7, 11) is 1.59. The molecule has 1 aliphatic rings. The van der Waals surface area contributed by atoms with Gasteiger partial charge in [-0.2, -0.15) is 0 Å². The van der Waals surface area contributed by atoms with Crippen molar-refractivity contribution in [1.29, 1.82) is 0 Å². The van der Waals surface area contributed by atoms with Gasteiger partial charge in [0.1, 0.15) is 11.9 Å². The summed E-state index contributed by atoms with van der Waals surface area (Å²) in [5.74, 6) is -0.852. The highest BCUT2D eigenvalue weighted by Crippen LogP contribution is 2.29. The molecule has 0 bridgehead atoms. The molecular weight excluding hydrogens is 483 g/mol. The Morgan fingerprint density at radius 2 is 1.76 bits per heavy atom. The predicted octanol–water partition coefficient (Wildman–Crippen LogP) is 5.54. The molecule has 3 aromatic rings. The molecule has 3 aromatic carbocycles. The Morgan fingerprint density at radius 1 is 1.05 bits per heavy atom. The van der Waals surface area contributed by atoms with Crippen molar-refractivity contribution in [2.75, 3.05) is 24.4 Å². The third-order valence-corrected chi connectivity index (χ3v) is 6.26. The summed E-state index contributed by atoms with van der Waals surface area (Å²) >= 11 is 0. The van der Waals surface area contributed by atoms with Gasteiger partial charge in [-0.25, -0.2) is 9.18 Å². The van der Waals surface area contributed by atoms with E-state index in [0.717, 1.165) is 16.8 Å². The molecule has 0 aromatic heterocycles. The number of aryl methyl sites for hydroxylation is 1. The summed E-state index contributed by atoms with van der Waals surface area (Å²) in [4.78, 5) is 28.0. The number of halogens is 1. The number of imide groups is 1. The standard InChI is InChI=1S/C30H31FN4O3/c1-19-10-15-26(25(31)16-19)33-21(3)27(17-22-8-6-5-7-9-22)35-29(36)28(34-30(35)37)23-11-13-24(14-12-23)32-20(2)18-38-4/h5-16,27-28,32-33H,2-3,17-18H2,1,4H3,(H,34,37)/t27?,28-/m1/s1. The second-order valence-electron chi connectivity index (χ2n) is 9.21. The molecule has 3 N–H and O–H groups in total. The van der Waals surface area contributed by atoms with Gasteiger partial charge in [-0.15, -0.1) is 0 Å². The summed E-state index contributed by atoms with van der Waals surface area (Å²) in [6.45, 7) is 10.1. The van der Waals surface area contributed by atoms with Crippen LogP contribution in [0.25, 0.3) is 0 Å². The molecule has 1 saturated heterocycles. The smallest absolute Gasteiger partial charge is 0.325 e. The third kappa shape index (κ3) is 6.10. The molecule has 1 fully saturated rings. The fourth-order valence-corrected chi connectivity index (χ4v) is 4.37. The number of nitrogens with zero attached hydrogens (tertiary/aromatic N) is 1. The van der Waals surface area contributed by atoms with E-state index in [-0.39, 0.29) is 5.69 Å². The summed E-state index contributed by atoms with van der Waals surface area (Å²) in [5.41, 5.74) is 4.34. The number of methoxy groups -OCH3 is 1. The maximum Gasteiger partial charge on any atom is 0.325 e. The Morgan fingerprint density at radius 3 is 2.42 bits per heavy atom. The van der Waals surface area contributed by atoms with E-state index in [0.29, 0.717) is 30.0 Å². The minimum atomic E-state index is -0.860. The van der Waals surface area contributed by atoms with Crippen LogP contribution in [0, 0.1) is 12.7 Å². The van der Waals surface area contributed by atoms with E-state index in [4.69, 9.17) is 4.74 Å². The summed E-state index contributed by atoms with van der Waals surface area (Å²) < 4.78 is 19.6. The number of benzene rings is 3. The van der Waals surface area contributed by atoms with Crippen LogP contribution in [0.3, 0.4) is 0 Å². The lowest BCUT2D eigenvalue weighted by molar-refractivity contribution is -0.128. The molecule has 0 radical (unpaired) electrons. The number of rotatable bonds is 11. The first-order chi connectivity index (χ1) is 18.3. The van der Waals surface area contributed by atoms with Crippen molar-refractivity contribution in [2.24, 2.45) is 0 Å². The Hall–Kier alpha value is -4.43. The lowest BCUT2D eigenvalue weighted by Crippen LogP contribution is -2.44. The van der Waals surface area contributed by atoms with E-state index in [1.54, 1.807) is 50.4 Å². The normalized spacial score (nSPS) is 15.7. The molecule has 4 rings (SSSR count). The van der Waals surface area contributed by atoms with Crippen molar-refractivity contribution in [3.8, 4) is 0 Å². The number of carbonyl (C=O) groups excluding carboxylic acids is 2. The van der Waals surface area contributed by atoms with Crippen LogP contribution in [0.15, 0.2) is 97.3 Å². The molecule has 1 unspecified atom stereocenters. The van der Waals surface area contributed by atoms with Crippen molar-refractivity contribution >= 4 is 23.3 Å². The molecule has 196 valence electrons. The van der Waals surface area contributed by atoms with Gasteiger partial charge in [-0.3, -0.25) is 9.69 Å². The van der Waals surface area contributed by atoms with Crippen molar-refractivity contribution < 1.29 is 18.7 Å². The number of nitrogens with one attached hydrogen (secondary N) is 3. The van der Waals surface area contributed by atoms with Gasteiger partial charge in [-0.1, -0.05) is 61.7 Å². The molecule has 8 heteroatoms. The summed E-state index contributed by atoms with van der Waals surface area (Å²) in [6.07, 6.45) is 0.316. The van der Waals surface area contributed by atoms with Crippen molar-refractivity contribution in [3.63, 3.8) is 0 Å². The van der Waals surface area contributed by atoms with Crippen LogP contribution >= 0.6 is 0 Å². The molecule has 0 saturated carbocycles. The quantitative estimate of drug-likeness (QED) is 0.293. The zero-order chi connectivity index (χ0) is 27.2. The lowest BCUT2D eigenvalue weighted by Gasteiger charge is -2.28. The second-order valence-corrected chi connectivity index (χ2v) is 9.21. The number of carbonyl (C=O) groups is 2. The summed E-state index contributed by atoms with van der Waals surface area (Å²) in [5, 5.41) is 8.92. The number of amides is 3. The Bertz CT molecular complexity index is 1340. The van der Waals surface area contributed by atoms with Crippen LogP contribution in [-0.2, 0) is 16.0 Å². The average Bonchev–Trinajstić information content (AvgIpc) is 3.19. The van der Waals surface area contributed by atoms with Crippen LogP contribution in [-0.4, -0.2) is 36.6 Å². The maximum atomic E-state index is 14.6. The molecule has 1 heterocycles. The predicted molar refractivity (Wildman–Crippen MR) is 147 cm³/mol. The zero-order valence-corrected chi connectivity index (χ0v) is 21.5. The fraction of sp³-hybridized carbons (Fsp3) is 0.200. The first kappa shape index (κ1) is 26.6. The molecule has 7 nitrogen and oxygen atoms in total. The first-order valence-corrected chi connectivity index (χ1v) is 12.2. The largest absolute Gasteiger partial charge is 0.379 e. The molecule has 2 atom stereocenters. The molecule has 0 spiro atoms. The van der Waals surface area contributed by atoms with Crippen LogP contribution < -0.4 is 16.0 Å². The number of anilines is 2. The van der Waals surface area contributed by atoms with E-state index in [1.165, 1.54) is 11.0 Å². The SMILES string of the molecule is C=C(COC)Nc1ccc([C@H]2NC(=O)N(C(Cc3ccccc3)C(=C)Nc3ccc(C)cc3F)C2=O)cc1. The van der Waals surface area contributed by atoms with Gasteiger partial charge in [0.25, 0.3) is 5.91 Å². The van der Waals surface area contributed by atoms with Gasteiger partial charge in [-0.05, 0) is 54.3 Å². The molecule has 0 aliphatic carbocycles. The van der Waals surface area contributed by atoms with Crippen molar-refractivity contribution in [2.45, 2.75) is 25.4 Å². The van der Waals surface area contributed by atoms with Crippen molar-refractivity contribution in [1.82, 2.24) is 10.2 Å². The minimum absolute atomic E-state index is 0.223. The second kappa shape index (κ2) is 11.7. The number of hydrogen-bond donors (Lipinski definition) is 3. The minimum Gasteiger partial charge on any atom is -0.379 e. The van der Waals surface area contributed by atoms with E-state index in [1.807, 2.05) is 30.3 Å². The van der Waals surface area contributed by atoms with E-state index < -0.39 is 29.8 Å². The molecule has 3 amide bonds. The zero-order valence-electron chi connectivity index (χ0n) is 21.5. The first-order valence-electron chi connectivity index (χ1n) is 12.2. The number of hydrogen-bond acceptors (Lipinski definition) is 5. The van der Waals surface area contributed by atoms with Gasteiger partial charge in [0.05, 0.1) is 18.3 Å². The van der Waals surface area contributed by atoms with Gasteiger partial charge >= 0.3 is 6.03 Å². The van der Waals surface area contributed by atoms with Crippen LogP contribution in [0.5, 0.6) is 0 Å². The summed E-state index contributed by atoms with van der Waals surface area (Å²) in [6, 6.07) is 19.3. The number of urea groups is 1. The van der Waals surface area contributed by atoms with Gasteiger partial charge in [0.2, 0.25) is 0 Å². The van der Waals surface area contributed by atoms with Gasteiger partial charge in [0.15, 0.2) is 0 Å². The van der Waals surface area contributed by atoms with Crippen LogP contribution in [0.4, 0.5) is 20.6 Å².